The molecule has 0 radical (unpaired) electrons. The van der Waals surface area contributed by atoms with Crippen LogP contribution in [0, 0.1) is 0 Å². The molecule has 4 nitrogen and oxygen atoms in total. The zero-order valence-electron chi connectivity index (χ0n) is 13.1. The van der Waals surface area contributed by atoms with E-state index in [0.717, 1.165) is 31.4 Å². The summed E-state index contributed by atoms with van der Waals surface area (Å²) >= 11 is 0. The van der Waals surface area contributed by atoms with Gasteiger partial charge in [-0.05, 0) is 37.3 Å². The molecule has 1 aromatic carbocycles. The number of benzene rings is 1. The van der Waals surface area contributed by atoms with E-state index in [0.29, 0.717) is 23.7 Å². The number of nitrogens with two attached hydrogens (primary N) is 1. The normalized spacial score (nSPS) is 17.7. The van der Waals surface area contributed by atoms with Gasteiger partial charge in [-0.1, -0.05) is 30.3 Å². The largest absolute Gasteiger partial charge is 0.416 e. The third kappa shape index (κ3) is 3.42. The van der Waals surface area contributed by atoms with Crippen LogP contribution in [-0.4, -0.2) is 10.1 Å². The van der Waals surface area contributed by atoms with E-state index < -0.39 is 17.3 Å². The van der Waals surface area contributed by atoms with E-state index in [2.05, 4.69) is 10.1 Å². The van der Waals surface area contributed by atoms with Crippen LogP contribution in [0.5, 0.6) is 0 Å². The Bertz CT molecular complexity index is 698. The van der Waals surface area contributed by atoms with Crippen molar-refractivity contribution in [2.45, 2.75) is 50.2 Å². The van der Waals surface area contributed by atoms with Crippen LogP contribution in [0.1, 0.15) is 61.4 Å². The highest BCUT2D eigenvalue weighted by Gasteiger charge is 2.39. The Morgan fingerprint density at radius 2 is 2.04 bits per heavy atom. The first-order valence-electron chi connectivity index (χ1n) is 7.63. The highest BCUT2D eigenvalue weighted by atomic mass is 35.5. The molecule has 3 rings (SSSR count). The smallest absolute Gasteiger partial charge is 0.339 e. The van der Waals surface area contributed by atoms with E-state index in [1.807, 2.05) is 6.92 Å². The lowest BCUT2D eigenvalue weighted by Gasteiger charge is -2.34. The van der Waals surface area contributed by atoms with Crippen LogP contribution in [0.2, 0.25) is 0 Å². The molecule has 2 aromatic rings. The lowest BCUT2D eigenvalue weighted by molar-refractivity contribution is -0.137. The molecule has 1 aliphatic rings. The van der Waals surface area contributed by atoms with Crippen LogP contribution in [-0.2, 0) is 11.7 Å². The van der Waals surface area contributed by atoms with Gasteiger partial charge in [0.2, 0.25) is 5.89 Å². The number of alkyl halides is 3. The molecule has 0 aliphatic heterocycles. The Balaban J connectivity index is 0.00000208. The maximum atomic E-state index is 12.9. The number of rotatable bonds is 4. The maximum absolute atomic E-state index is 12.9. The summed E-state index contributed by atoms with van der Waals surface area (Å²) in [7, 11) is 0. The van der Waals surface area contributed by atoms with Gasteiger partial charge in [0.15, 0.2) is 5.82 Å². The van der Waals surface area contributed by atoms with Gasteiger partial charge in [-0.25, -0.2) is 0 Å². The van der Waals surface area contributed by atoms with Gasteiger partial charge < -0.3 is 10.3 Å². The molecule has 0 amide bonds. The Morgan fingerprint density at radius 3 is 2.58 bits per heavy atom. The Hall–Kier alpha value is -1.60. The molecule has 1 atom stereocenters. The van der Waals surface area contributed by atoms with E-state index in [1.54, 1.807) is 6.07 Å². The van der Waals surface area contributed by atoms with E-state index in [-0.39, 0.29) is 18.3 Å². The van der Waals surface area contributed by atoms with Gasteiger partial charge in [-0.2, -0.15) is 18.2 Å². The number of nitrogens with zero attached hydrogens (tertiary/aromatic N) is 2. The second-order valence-electron chi connectivity index (χ2n) is 6.05. The average Bonchev–Trinajstić information content (AvgIpc) is 2.95. The van der Waals surface area contributed by atoms with Gasteiger partial charge in [0.05, 0.1) is 17.0 Å². The molecule has 132 valence electrons. The summed E-state index contributed by atoms with van der Waals surface area (Å²) < 4.78 is 43.9. The van der Waals surface area contributed by atoms with Crippen LogP contribution in [0.15, 0.2) is 28.8 Å². The minimum Gasteiger partial charge on any atom is -0.339 e. The van der Waals surface area contributed by atoms with Crippen molar-refractivity contribution >= 4 is 12.4 Å². The standard InChI is InChI=1S/C16H18F3N3O.ClH/c1-2-12(10-5-3-6-11(9-10)16(17,18)19)13-21-14(22-23-13)15(20)7-4-8-15;/h3,5-6,9,12H,2,4,7-8,20H2,1H3;1H. The summed E-state index contributed by atoms with van der Waals surface area (Å²) in [5.74, 6) is 0.393. The summed E-state index contributed by atoms with van der Waals surface area (Å²) in [5, 5.41) is 3.94. The van der Waals surface area contributed by atoms with Gasteiger partial charge >= 0.3 is 6.18 Å². The summed E-state index contributed by atoms with van der Waals surface area (Å²) in [6.45, 7) is 1.87. The molecule has 1 saturated carbocycles. The SMILES string of the molecule is CCC(c1cccc(C(F)(F)F)c1)c1nc(C2(N)CCC2)no1.Cl. The fraction of sp³-hybridized carbons (Fsp3) is 0.500. The molecule has 24 heavy (non-hydrogen) atoms. The van der Waals surface area contributed by atoms with Crippen molar-refractivity contribution in [2.24, 2.45) is 5.73 Å². The van der Waals surface area contributed by atoms with Crippen LogP contribution in [0.3, 0.4) is 0 Å². The molecule has 1 heterocycles. The third-order valence-electron chi connectivity index (χ3n) is 4.46. The molecule has 2 N–H and O–H groups in total. The first-order chi connectivity index (χ1) is 10.8. The second-order valence-corrected chi connectivity index (χ2v) is 6.05. The molecule has 1 fully saturated rings. The van der Waals surface area contributed by atoms with E-state index in [9.17, 15) is 13.2 Å². The van der Waals surface area contributed by atoms with E-state index >= 15 is 0 Å². The molecule has 1 unspecified atom stereocenters. The Labute approximate surface area is 144 Å². The lowest BCUT2D eigenvalue weighted by atomic mass is 9.77. The van der Waals surface area contributed by atoms with Gasteiger partial charge in [0.25, 0.3) is 0 Å². The molecule has 0 spiro atoms. The van der Waals surface area contributed by atoms with Crippen LogP contribution >= 0.6 is 12.4 Å². The second kappa shape index (κ2) is 6.72. The predicted molar refractivity (Wildman–Crippen MR) is 84.8 cm³/mol. The summed E-state index contributed by atoms with van der Waals surface area (Å²) in [5.41, 5.74) is 5.45. The van der Waals surface area contributed by atoms with Gasteiger partial charge in [0, 0.05) is 0 Å². The molecule has 8 heteroatoms. The molecule has 1 aliphatic carbocycles. The molecule has 1 aromatic heterocycles. The van der Waals surface area contributed by atoms with Crippen molar-refractivity contribution in [3.8, 4) is 0 Å². The van der Waals surface area contributed by atoms with Crippen molar-refractivity contribution in [3.63, 3.8) is 0 Å². The maximum Gasteiger partial charge on any atom is 0.416 e. The zero-order chi connectivity index (χ0) is 16.7. The van der Waals surface area contributed by atoms with Crippen molar-refractivity contribution in [2.75, 3.05) is 0 Å². The molecule has 0 bridgehead atoms. The van der Waals surface area contributed by atoms with Gasteiger partial charge in [-0.3, -0.25) is 0 Å². The van der Waals surface area contributed by atoms with Crippen molar-refractivity contribution in [1.29, 1.82) is 0 Å². The number of hydrogen-bond acceptors (Lipinski definition) is 4. The number of hydrogen-bond donors (Lipinski definition) is 1. The minimum atomic E-state index is -4.37. The summed E-state index contributed by atoms with van der Waals surface area (Å²) in [6.07, 6.45) is -1.20. The highest BCUT2D eigenvalue weighted by molar-refractivity contribution is 5.85. The van der Waals surface area contributed by atoms with Crippen molar-refractivity contribution in [3.05, 3.63) is 47.1 Å². The fourth-order valence-corrected chi connectivity index (χ4v) is 2.84. The summed E-state index contributed by atoms with van der Waals surface area (Å²) in [6, 6.07) is 5.24. The quantitative estimate of drug-likeness (QED) is 0.877. The molecular formula is C16H19ClF3N3O. The fourth-order valence-electron chi connectivity index (χ4n) is 2.84. The van der Waals surface area contributed by atoms with Crippen LogP contribution in [0.25, 0.3) is 0 Å². The first-order valence-corrected chi connectivity index (χ1v) is 7.63. The zero-order valence-corrected chi connectivity index (χ0v) is 14.0. The van der Waals surface area contributed by atoms with Crippen LogP contribution in [0.4, 0.5) is 13.2 Å². The molecule has 0 saturated heterocycles. The van der Waals surface area contributed by atoms with E-state index in [1.165, 1.54) is 6.07 Å². The number of aromatic nitrogens is 2. The Morgan fingerprint density at radius 1 is 1.33 bits per heavy atom. The summed E-state index contributed by atoms with van der Waals surface area (Å²) in [4.78, 5) is 4.36. The van der Waals surface area contributed by atoms with Crippen LogP contribution < -0.4 is 5.73 Å². The third-order valence-corrected chi connectivity index (χ3v) is 4.46. The Kier molecular flexibility index (Phi) is 5.25. The first kappa shape index (κ1) is 18.7. The monoisotopic (exact) mass is 361 g/mol. The van der Waals surface area contributed by atoms with E-state index in [4.69, 9.17) is 10.3 Å². The van der Waals surface area contributed by atoms with Gasteiger partial charge in [-0.15, -0.1) is 12.4 Å². The highest BCUT2D eigenvalue weighted by Crippen LogP contribution is 2.38. The van der Waals surface area contributed by atoms with Crippen molar-refractivity contribution in [1.82, 2.24) is 10.1 Å². The van der Waals surface area contributed by atoms with Crippen molar-refractivity contribution < 1.29 is 17.7 Å². The number of halogens is 4. The lowest BCUT2D eigenvalue weighted by Crippen LogP contribution is -2.44. The predicted octanol–water partition coefficient (Wildman–Crippen LogP) is 4.39. The molecular weight excluding hydrogens is 343 g/mol. The minimum absolute atomic E-state index is 0. The topological polar surface area (TPSA) is 64.9 Å². The average molecular weight is 362 g/mol. The van der Waals surface area contributed by atoms with Gasteiger partial charge in [0.1, 0.15) is 0 Å².